The summed E-state index contributed by atoms with van der Waals surface area (Å²) in [6.07, 6.45) is -0.145. The summed E-state index contributed by atoms with van der Waals surface area (Å²) >= 11 is 1.81. The van der Waals surface area contributed by atoms with E-state index < -0.39 is 12.0 Å². The zero-order valence-corrected chi connectivity index (χ0v) is 11.4. The molecule has 0 bridgehead atoms. The van der Waals surface area contributed by atoms with Crippen LogP contribution in [0, 0.1) is 11.8 Å². The van der Waals surface area contributed by atoms with Crippen molar-refractivity contribution in [3.8, 4) is 0 Å². The molecule has 2 N–H and O–H groups in total. The molecule has 0 aromatic carbocycles. The van der Waals surface area contributed by atoms with Crippen molar-refractivity contribution < 1.29 is 14.7 Å². The maximum absolute atomic E-state index is 11.5. The van der Waals surface area contributed by atoms with Crippen LogP contribution in [0.1, 0.15) is 27.2 Å². The van der Waals surface area contributed by atoms with Gasteiger partial charge < -0.3 is 10.4 Å². The van der Waals surface area contributed by atoms with E-state index in [-0.39, 0.29) is 17.7 Å². The minimum atomic E-state index is -0.866. The summed E-state index contributed by atoms with van der Waals surface area (Å²) < 4.78 is 0. The van der Waals surface area contributed by atoms with Crippen molar-refractivity contribution in [3.63, 3.8) is 0 Å². The van der Waals surface area contributed by atoms with Gasteiger partial charge in [-0.05, 0) is 30.8 Å². The average molecular weight is 259 g/mol. The minimum absolute atomic E-state index is 0.257. The maximum Gasteiger partial charge on any atom is 0.233 e. The first kappa shape index (κ1) is 14.5. The van der Waals surface area contributed by atoms with E-state index in [2.05, 4.69) is 19.2 Å². The monoisotopic (exact) mass is 259 g/mol. The minimum Gasteiger partial charge on any atom is -0.390 e. The standard InChI is InChI=1S/C12H21NO3S/c1-7(2)6-17-5-4-9-11(15)10(8(3)14)12(16)13-9/h7,9-11,15H,4-6H2,1-3H3,(H,13,16). The topological polar surface area (TPSA) is 66.4 Å². The molecule has 1 saturated heterocycles. The summed E-state index contributed by atoms with van der Waals surface area (Å²) in [5.41, 5.74) is 0. The molecule has 1 aliphatic rings. The highest BCUT2D eigenvalue weighted by molar-refractivity contribution is 7.99. The molecule has 98 valence electrons. The third-order valence-electron chi connectivity index (χ3n) is 2.83. The van der Waals surface area contributed by atoms with Gasteiger partial charge in [-0.3, -0.25) is 9.59 Å². The highest BCUT2D eigenvalue weighted by Crippen LogP contribution is 2.21. The van der Waals surface area contributed by atoms with Gasteiger partial charge in [-0.2, -0.15) is 11.8 Å². The molecule has 5 heteroatoms. The molecule has 3 unspecified atom stereocenters. The van der Waals surface area contributed by atoms with Crippen LogP contribution in [0.25, 0.3) is 0 Å². The van der Waals surface area contributed by atoms with Gasteiger partial charge >= 0.3 is 0 Å². The molecule has 0 aromatic rings. The lowest BCUT2D eigenvalue weighted by Crippen LogP contribution is -2.33. The molecular weight excluding hydrogens is 238 g/mol. The summed E-state index contributed by atoms with van der Waals surface area (Å²) in [4.78, 5) is 22.7. The summed E-state index contributed by atoms with van der Waals surface area (Å²) in [5, 5.41) is 12.6. The molecular formula is C12H21NO3S. The van der Waals surface area contributed by atoms with Crippen molar-refractivity contribution in [1.29, 1.82) is 0 Å². The van der Waals surface area contributed by atoms with Crippen LogP contribution in [0.4, 0.5) is 0 Å². The Morgan fingerprint density at radius 2 is 2.18 bits per heavy atom. The molecule has 17 heavy (non-hydrogen) atoms. The predicted molar refractivity (Wildman–Crippen MR) is 68.9 cm³/mol. The second kappa shape index (κ2) is 6.40. The first-order valence-corrected chi connectivity index (χ1v) is 7.15. The van der Waals surface area contributed by atoms with Crippen molar-refractivity contribution in [2.24, 2.45) is 11.8 Å². The van der Waals surface area contributed by atoms with Crippen LogP contribution in [0.15, 0.2) is 0 Å². The van der Waals surface area contributed by atoms with Gasteiger partial charge in [0.15, 0.2) is 0 Å². The number of thioether (sulfide) groups is 1. The number of aliphatic hydroxyl groups excluding tert-OH is 1. The normalized spacial score (nSPS) is 28.5. The molecule has 3 atom stereocenters. The third kappa shape index (κ3) is 4.00. The molecule has 1 amide bonds. The number of hydrogen-bond acceptors (Lipinski definition) is 4. The quantitative estimate of drug-likeness (QED) is 0.548. The van der Waals surface area contributed by atoms with E-state index in [1.165, 1.54) is 6.92 Å². The number of amides is 1. The Kier molecular flexibility index (Phi) is 5.46. The molecule has 1 rings (SSSR count). The fraction of sp³-hybridized carbons (Fsp3) is 0.833. The number of rotatable bonds is 6. The van der Waals surface area contributed by atoms with Crippen LogP contribution in [0.2, 0.25) is 0 Å². The molecule has 4 nitrogen and oxygen atoms in total. The molecule has 1 heterocycles. The molecule has 1 aliphatic heterocycles. The van der Waals surface area contributed by atoms with Gasteiger partial charge in [0.25, 0.3) is 0 Å². The van der Waals surface area contributed by atoms with E-state index >= 15 is 0 Å². The fourth-order valence-corrected chi connectivity index (χ4v) is 3.00. The highest BCUT2D eigenvalue weighted by Gasteiger charge is 2.43. The fourth-order valence-electron chi connectivity index (χ4n) is 1.94. The second-order valence-electron chi connectivity index (χ2n) is 4.95. The zero-order valence-electron chi connectivity index (χ0n) is 10.6. The van der Waals surface area contributed by atoms with Gasteiger partial charge in [0.05, 0.1) is 12.1 Å². The van der Waals surface area contributed by atoms with Gasteiger partial charge in [0.1, 0.15) is 11.7 Å². The number of nitrogens with one attached hydrogen (secondary N) is 1. The van der Waals surface area contributed by atoms with E-state index in [0.717, 1.165) is 11.5 Å². The Labute approximate surface area is 107 Å². The highest BCUT2D eigenvalue weighted by atomic mass is 32.2. The van der Waals surface area contributed by atoms with Crippen LogP contribution in [0.5, 0.6) is 0 Å². The number of aliphatic hydroxyl groups is 1. The Morgan fingerprint density at radius 1 is 1.53 bits per heavy atom. The van der Waals surface area contributed by atoms with E-state index in [4.69, 9.17) is 0 Å². The lowest BCUT2D eigenvalue weighted by atomic mass is 9.96. The summed E-state index contributed by atoms with van der Waals surface area (Å²) in [6, 6.07) is -0.268. The van der Waals surface area contributed by atoms with Crippen LogP contribution < -0.4 is 5.32 Å². The Hall–Kier alpha value is -0.550. The van der Waals surface area contributed by atoms with Crippen molar-refractivity contribution in [1.82, 2.24) is 5.32 Å². The van der Waals surface area contributed by atoms with Gasteiger partial charge in [-0.25, -0.2) is 0 Å². The van der Waals surface area contributed by atoms with E-state index in [1.54, 1.807) is 0 Å². The Balaban J connectivity index is 2.36. The predicted octanol–water partition coefficient (Wildman–Crippen LogP) is 0.830. The van der Waals surface area contributed by atoms with Crippen LogP contribution in [-0.4, -0.2) is 40.4 Å². The number of Topliss-reactive ketones (excluding diaryl/α,β-unsaturated/α-hetero) is 1. The third-order valence-corrected chi connectivity index (χ3v) is 4.25. The van der Waals surface area contributed by atoms with Crippen molar-refractivity contribution in [3.05, 3.63) is 0 Å². The van der Waals surface area contributed by atoms with Gasteiger partial charge in [0.2, 0.25) is 5.91 Å². The average Bonchev–Trinajstić information content (AvgIpc) is 2.48. The second-order valence-corrected chi connectivity index (χ2v) is 6.10. The van der Waals surface area contributed by atoms with E-state index in [0.29, 0.717) is 12.3 Å². The largest absolute Gasteiger partial charge is 0.390 e. The summed E-state index contributed by atoms with van der Waals surface area (Å²) in [5.74, 6) is 1.16. The van der Waals surface area contributed by atoms with Crippen LogP contribution in [-0.2, 0) is 9.59 Å². The molecule has 0 saturated carbocycles. The van der Waals surface area contributed by atoms with Crippen molar-refractivity contribution in [2.75, 3.05) is 11.5 Å². The Bertz CT molecular complexity index is 293. The number of carbonyl (C=O) groups is 2. The van der Waals surface area contributed by atoms with Gasteiger partial charge in [0, 0.05) is 0 Å². The zero-order chi connectivity index (χ0) is 13.0. The lowest BCUT2D eigenvalue weighted by molar-refractivity contribution is -0.132. The summed E-state index contributed by atoms with van der Waals surface area (Å²) in [7, 11) is 0. The molecule has 0 aliphatic carbocycles. The maximum atomic E-state index is 11.5. The van der Waals surface area contributed by atoms with E-state index in [1.807, 2.05) is 11.8 Å². The molecule has 0 aromatic heterocycles. The van der Waals surface area contributed by atoms with E-state index in [9.17, 15) is 14.7 Å². The molecule has 1 fully saturated rings. The van der Waals surface area contributed by atoms with Gasteiger partial charge in [-0.1, -0.05) is 13.8 Å². The number of carbonyl (C=O) groups excluding carboxylic acids is 2. The van der Waals surface area contributed by atoms with Crippen molar-refractivity contribution >= 4 is 23.5 Å². The van der Waals surface area contributed by atoms with Crippen LogP contribution >= 0.6 is 11.8 Å². The molecule has 0 radical (unpaired) electrons. The number of ketones is 1. The smallest absolute Gasteiger partial charge is 0.233 e. The molecule has 0 spiro atoms. The summed E-state index contributed by atoms with van der Waals surface area (Å²) in [6.45, 7) is 5.67. The first-order valence-electron chi connectivity index (χ1n) is 6.00. The lowest BCUT2D eigenvalue weighted by Gasteiger charge is -2.15. The Morgan fingerprint density at radius 3 is 2.65 bits per heavy atom. The van der Waals surface area contributed by atoms with Crippen molar-refractivity contribution in [2.45, 2.75) is 39.3 Å². The SMILES string of the molecule is CC(=O)C1C(=O)NC(CCSCC(C)C)C1O. The number of hydrogen-bond donors (Lipinski definition) is 2. The van der Waals surface area contributed by atoms with Crippen LogP contribution in [0.3, 0.4) is 0 Å². The van der Waals surface area contributed by atoms with Gasteiger partial charge in [-0.15, -0.1) is 0 Å². The first-order chi connectivity index (χ1) is 7.93.